The average Bonchev–Trinajstić information content (AvgIpc) is 3.36. The van der Waals surface area contributed by atoms with E-state index in [9.17, 15) is 14.4 Å². The molecule has 0 aliphatic heterocycles. The molecule has 9 nitrogen and oxygen atoms in total. The first-order chi connectivity index (χ1) is 14.4. The van der Waals surface area contributed by atoms with Crippen LogP contribution in [0.1, 0.15) is 32.2 Å². The minimum atomic E-state index is -0.621. The summed E-state index contributed by atoms with van der Waals surface area (Å²) in [5.41, 5.74) is 6.53. The van der Waals surface area contributed by atoms with Crippen molar-refractivity contribution in [3.8, 4) is 5.13 Å². The summed E-state index contributed by atoms with van der Waals surface area (Å²) in [6, 6.07) is 8.43. The number of carbonyl (C=O) groups excluding carboxylic acids is 2. The normalized spacial score (nSPS) is 10.9. The number of aryl methyl sites for hydroxylation is 2. The molecule has 1 aromatic carbocycles. The Balaban J connectivity index is 1.58. The van der Waals surface area contributed by atoms with Gasteiger partial charge >= 0.3 is 0 Å². The Morgan fingerprint density at radius 1 is 1.07 bits per heavy atom. The largest absolute Gasteiger partial charge is 0.294 e. The predicted molar refractivity (Wildman–Crippen MR) is 113 cm³/mol. The van der Waals surface area contributed by atoms with Gasteiger partial charge in [0.05, 0.1) is 10.9 Å². The van der Waals surface area contributed by atoms with E-state index in [1.54, 1.807) is 36.5 Å². The van der Waals surface area contributed by atoms with Crippen LogP contribution in [0.3, 0.4) is 0 Å². The van der Waals surface area contributed by atoms with E-state index in [0.717, 1.165) is 15.5 Å². The molecule has 0 radical (unpaired) electrons. The van der Waals surface area contributed by atoms with Crippen molar-refractivity contribution in [2.45, 2.75) is 13.8 Å². The van der Waals surface area contributed by atoms with Crippen molar-refractivity contribution in [2.75, 3.05) is 0 Å². The molecule has 2 amide bonds. The molecule has 0 fully saturated rings. The van der Waals surface area contributed by atoms with Gasteiger partial charge in [0.2, 0.25) is 0 Å². The highest BCUT2D eigenvalue weighted by Gasteiger charge is 2.20. The highest BCUT2D eigenvalue weighted by Crippen LogP contribution is 2.22. The number of amides is 2. The number of carbonyl (C=O) groups is 2. The van der Waals surface area contributed by atoms with E-state index < -0.39 is 11.8 Å². The van der Waals surface area contributed by atoms with Crippen LogP contribution in [0, 0.1) is 13.8 Å². The third-order valence-electron chi connectivity index (χ3n) is 4.75. The van der Waals surface area contributed by atoms with Crippen LogP contribution in [0.25, 0.3) is 15.9 Å². The second kappa shape index (κ2) is 7.56. The first-order valence-corrected chi connectivity index (χ1v) is 9.92. The minimum absolute atomic E-state index is 0.0428. The topological polar surface area (TPSA) is 111 Å². The zero-order valence-corrected chi connectivity index (χ0v) is 17.3. The van der Waals surface area contributed by atoms with Crippen LogP contribution in [0.2, 0.25) is 0 Å². The van der Waals surface area contributed by atoms with E-state index in [1.165, 1.54) is 18.4 Å². The predicted octanol–water partition coefficient (Wildman–Crippen LogP) is 1.87. The Morgan fingerprint density at radius 3 is 2.47 bits per heavy atom. The van der Waals surface area contributed by atoms with Gasteiger partial charge in [-0.2, -0.15) is 5.10 Å². The highest BCUT2D eigenvalue weighted by molar-refractivity contribution is 7.12. The average molecular weight is 422 g/mol. The summed E-state index contributed by atoms with van der Waals surface area (Å²) < 4.78 is 2.98. The molecular formula is C20H18N6O3S. The lowest BCUT2D eigenvalue weighted by Gasteiger charge is -2.10. The second-order valence-corrected chi connectivity index (χ2v) is 7.54. The number of rotatable bonds is 3. The molecule has 4 rings (SSSR count). The van der Waals surface area contributed by atoms with Gasteiger partial charge < -0.3 is 0 Å². The van der Waals surface area contributed by atoms with Crippen LogP contribution >= 0.6 is 11.3 Å². The third kappa shape index (κ3) is 3.26. The lowest BCUT2D eigenvalue weighted by atomic mass is 10.1. The van der Waals surface area contributed by atoms with E-state index >= 15 is 0 Å². The van der Waals surface area contributed by atoms with Crippen molar-refractivity contribution in [2.24, 2.45) is 7.05 Å². The molecule has 10 heteroatoms. The van der Waals surface area contributed by atoms with Crippen molar-refractivity contribution >= 4 is 33.9 Å². The molecule has 3 heterocycles. The molecule has 0 saturated heterocycles. The maximum Gasteiger partial charge on any atom is 0.290 e. The number of nitrogens with zero attached hydrogens (tertiary/aromatic N) is 4. The molecule has 0 saturated carbocycles. The van der Waals surface area contributed by atoms with E-state index in [2.05, 4.69) is 20.9 Å². The van der Waals surface area contributed by atoms with Gasteiger partial charge in [0.25, 0.3) is 17.4 Å². The van der Waals surface area contributed by atoms with Gasteiger partial charge in [-0.25, -0.2) is 9.67 Å². The van der Waals surface area contributed by atoms with Gasteiger partial charge in [-0.05, 0) is 26.0 Å². The first-order valence-electron chi connectivity index (χ1n) is 9.04. The fourth-order valence-electron chi connectivity index (χ4n) is 3.32. The van der Waals surface area contributed by atoms with Crippen molar-refractivity contribution in [3.63, 3.8) is 0 Å². The summed E-state index contributed by atoms with van der Waals surface area (Å²) >= 11 is 1.46. The SMILES string of the molecule is Cc1cc(C(=O)NNC(=O)c2nn(C)c(=O)c3ccccc23)c(C)n1-c1nccs1. The second-order valence-electron chi connectivity index (χ2n) is 6.67. The zero-order chi connectivity index (χ0) is 21.4. The Kier molecular flexibility index (Phi) is 4.92. The summed E-state index contributed by atoms with van der Waals surface area (Å²) in [6.45, 7) is 3.69. The monoisotopic (exact) mass is 422 g/mol. The van der Waals surface area contributed by atoms with Crippen LogP contribution in [-0.4, -0.2) is 31.1 Å². The summed E-state index contributed by atoms with van der Waals surface area (Å²) in [4.78, 5) is 41.9. The molecule has 152 valence electrons. The van der Waals surface area contributed by atoms with Crippen LogP contribution in [0.4, 0.5) is 0 Å². The Hall–Kier alpha value is -3.79. The number of aromatic nitrogens is 4. The summed E-state index contributed by atoms with van der Waals surface area (Å²) in [7, 11) is 1.47. The number of hydrazine groups is 1. The van der Waals surface area contributed by atoms with Gasteiger partial charge in [0, 0.05) is 35.4 Å². The zero-order valence-electron chi connectivity index (χ0n) is 16.5. The van der Waals surface area contributed by atoms with Gasteiger partial charge in [-0.3, -0.25) is 29.8 Å². The minimum Gasteiger partial charge on any atom is -0.294 e. The number of hydrogen-bond donors (Lipinski definition) is 2. The van der Waals surface area contributed by atoms with E-state index in [-0.39, 0.29) is 11.3 Å². The highest BCUT2D eigenvalue weighted by atomic mass is 32.1. The smallest absolute Gasteiger partial charge is 0.290 e. The van der Waals surface area contributed by atoms with Gasteiger partial charge in [0.15, 0.2) is 10.8 Å². The maximum absolute atomic E-state index is 12.7. The number of hydrogen-bond acceptors (Lipinski definition) is 6. The standard InChI is InChI=1S/C20H18N6O3S/c1-11-10-15(12(2)26(11)20-21-8-9-30-20)17(27)22-23-18(28)16-13-6-4-5-7-14(13)19(29)25(3)24-16/h4-10H,1-3H3,(H,22,27)(H,23,28). The molecule has 4 aromatic rings. The molecule has 0 aliphatic carbocycles. The third-order valence-corrected chi connectivity index (χ3v) is 5.50. The molecule has 0 atom stereocenters. The fraction of sp³-hybridized carbons (Fsp3) is 0.150. The van der Waals surface area contributed by atoms with Crippen molar-refractivity contribution in [3.05, 3.63) is 74.9 Å². The van der Waals surface area contributed by atoms with Crippen LogP contribution < -0.4 is 16.4 Å². The maximum atomic E-state index is 12.7. The van der Waals surface area contributed by atoms with Gasteiger partial charge in [-0.15, -0.1) is 11.3 Å². The van der Waals surface area contributed by atoms with E-state index in [1.807, 2.05) is 23.8 Å². The Labute approximate surface area is 175 Å². The van der Waals surface area contributed by atoms with E-state index in [4.69, 9.17) is 0 Å². The molecule has 3 aromatic heterocycles. The molecule has 2 N–H and O–H groups in total. The number of nitrogens with one attached hydrogen (secondary N) is 2. The lowest BCUT2D eigenvalue weighted by Crippen LogP contribution is -2.42. The molecule has 0 spiro atoms. The lowest BCUT2D eigenvalue weighted by molar-refractivity contribution is 0.0843. The quantitative estimate of drug-likeness (QED) is 0.490. The molecule has 0 unspecified atom stereocenters. The Bertz CT molecular complexity index is 1340. The molecular weight excluding hydrogens is 404 g/mol. The summed E-state index contributed by atoms with van der Waals surface area (Å²) in [5, 5.41) is 7.45. The number of benzene rings is 1. The van der Waals surface area contributed by atoms with Crippen LogP contribution in [0.15, 0.2) is 46.7 Å². The number of thiazole rings is 1. The van der Waals surface area contributed by atoms with Gasteiger partial charge in [-0.1, -0.05) is 18.2 Å². The first kappa shape index (κ1) is 19.5. The fourth-order valence-corrected chi connectivity index (χ4v) is 4.07. The van der Waals surface area contributed by atoms with Gasteiger partial charge in [0.1, 0.15) is 0 Å². The van der Waals surface area contributed by atoms with Crippen molar-refractivity contribution in [1.82, 2.24) is 30.2 Å². The summed E-state index contributed by atoms with van der Waals surface area (Å²) in [5.74, 6) is -1.09. The van der Waals surface area contributed by atoms with Crippen molar-refractivity contribution < 1.29 is 9.59 Å². The van der Waals surface area contributed by atoms with Crippen LogP contribution in [0.5, 0.6) is 0 Å². The molecule has 30 heavy (non-hydrogen) atoms. The van der Waals surface area contributed by atoms with Crippen LogP contribution in [-0.2, 0) is 7.05 Å². The summed E-state index contributed by atoms with van der Waals surface area (Å²) in [6.07, 6.45) is 1.70. The molecule has 0 bridgehead atoms. The Morgan fingerprint density at radius 2 is 1.77 bits per heavy atom. The van der Waals surface area contributed by atoms with Crippen molar-refractivity contribution in [1.29, 1.82) is 0 Å². The number of fused-ring (bicyclic) bond motifs is 1. The molecule has 0 aliphatic rings. The van der Waals surface area contributed by atoms with E-state index in [0.29, 0.717) is 22.0 Å².